The molecule has 2 aliphatic rings. The van der Waals surface area contributed by atoms with Crippen molar-refractivity contribution in [2.45, 2.75) is 63.5 Å². The molecule has 0 spiro atoms. The maximum absolute atomic E-state index is 6.04. The van der Waals surface area contributed by atoms with Crippen LogP contribution in [0.5, 0.6) is 0 Å². The lowest BCUT2D eigenvalue weighted by molar-refractivity contribution is 0.102. The van der Waals surface area contributed by atoms with E-state index in [-0.39, 0.29) is 0 Å². The monoisotopic (exact) mass is 197 g/mol. The second kappa shape index (κ2) is 5.13. The van der Waals surface area contributed by atoms with E-state index >= 15 is 0 Å². The summed E-state index contributed by atoms with van der Waals surface area (Å²) in [5, 5.41) is 0. The van der Waals surface area contributed by atoms with Gasteiger partial charge in [-0.15, -0.1) is 0 Å². The number of rotatable bonds is 6. The molecule has 2 fully saturated rings. The molecule has 0 amide bonds. The van der Waals surface area contributed by atoms with Crippen molar-refractivity contribution in [3.8, 4) is 0 Å². The third-order valence-electron chi connectivity index (χ3n) is 3.57. The molecular formula is C12H23NO. The van der Waals surface area contributed by atoms with E-state index in [1.807, 2.05) is 0 Å². The summed E-state index contributed by atoms with van der Waals surface area (Å²) in [4.78, 5) is 0. The van der Waals surface area contributed by atoms with Gasteiger partial charge in [-0.3, -0.25) is 0 Å². The quantitative estimate of drug-likeness (QED) is 0.664. The van der Waals surface area contributed by atoms with Gasteiger partial charge in [-0.1, -0.05) is 12.8 Å². The molecule has 1 saturated heterocycles. The van der Waals surface area contributed by atoms with Gasteiger partial charge in [-0.25, -0.2) is 0 Å². The molecule has 2 nitrogen and oxygen atoms in total. The smallest absolute Gasteiger partial charge is 0.0576 e. The zero-order valence-corrected chi connectivity index (χ0v) is 9.08. The molecule has 0 aromatic heterocycles. The van der Waals surface area contributed by atoms with Crippen LogP contribution in [0, 0.1) is 5.92 Å². The predicted molar refractivity (Wildman–Crippen MR) is 58.1 cm³/mol. The largest absolute Gasteiger partial charge is 0.378 e. The molecule has 1 aliphatic carbocycles. The molecule has 0 aromatic rings. The summed E-state index contributed by atoms with van der Waals surface area (Å²) in [5.41, 5.74) is 6.04. The number of unbranched alkanes of at least 4 members (excludes halogenated alkanes) is 1. The molecule has 2 N–H and O–H groups in total. The van der Waals surface area contributed by atoms with E-state index in [0.29, 0.717) is 12.1 Å². The first kappa shape index (κ1) is 10.4. The van der Waals surface area contributed by atoms with Crippen molar-refractivity contribution in [2.75, 3.05) is 6.61 Å². The normalized spacial score (nSPS) is 29.4. The minimum absolute atomic E-state index is 0.500. The molecule has 2 rings (SSSR count). The Morgan fingerprint density at radius 3 is 2.71 bits per heavy atom. The van der Waals surface area contributed by atoms with Gasteiger partial charge in [0, 0.05) is 12.6 Å². The molecule has 2 unspecified atom stereocenters. The first-order valence-electron chi connectivity index (χ1n) is 6.23. The molecule has 0 bridgehead atoms. The molecule has 2 atom stereocenters. The van der Waals surface area contributed by atoms with Crippen LogP contribution in [0.1, 0.15) is 51.4 Å². The summed E-state index contributed by atoms with van der Waals surface area (Å²) in [6.07, 6.45) is 11.0. The van der Waals surface area contributed by atoms with E-state index in [1.165, 1.54) is 51.4 Å². The van der Waals surface area contributed by atoms with Gasteiger partial charge in [0.25, 0.3) is 0 Å². The first-order valence-corrected chi connectivity index (χ1v) is 6.23. The van der Waals surface area contributed by atoms with Crippen molar-refractivity contribution < 1.29 is 4.74 Å². The molecule has 14 heavy (non-hydrogen) atoms. The highest BCUT2D eigenvalue weighted by molar-refractivity contribution is 4.83. The molecule has 1 saturated carbocycles. The Labute approximate surface area is 87.2 Å². The number of hydrogen-bond donors (Lipinski definition) is 1. The van der Waals surface area contributed by atoms with Crippen molar-refractivity contribution in [1.29, 1.82) is 0 Å². The fourth-order valence-corrected chi connectivity index (χ4v) is 2.38. The van der Waals surface area contributed by atoms with Crippen LogP contribution in [0.2, 0.25) is 0 Å². The Kier molecular flexibility index (Phi) is 3.82. The third kappa shape index (κ3) is 3.25. The summed E-state index contributed by atoms with van der Waals surface area (Å²) < 4.78 is 5.59. The van der Waals surface area contributed by atoms with Crippen LogP contribution in [0.3, 0.4) is 0 Å². The highest BCUT2D eigenvalue weighted by Crippen LogP contribution is 2.33. The van der Waals surface area contributed by atoms with Crippen LogP contribution < -0.4 is 5.73 Å². The van der Waals surface area contributed by atoms with Gasteiger partial charge in [-0.2, -0.15) is 0 Å². The van der Waals surface area contributed by atoms with E-state index in [0.717, 1.165) is 12.5 Å². The molecule has 2 heteroatoms. The Morgan fingerprint density at radius 2 is 2.07 bits per heavy atom. The highest BCUT2D eigenvalue weighted by Gasteiger charge is 2.27. The topological polar surface area (TPSA) is 35.2 Å². The molecule has 1 aliphatic heterocycles. The zero-order chi connectivity index (χ0) is 9.80. The second-order valence-corrected chi connectivity index (χ2v) is 4.92. The van der Waals surface area contributed by atoms with Crippen molar-refractivity contribution in [3.05, 3.63) is 0 Å². The van der Waals surface area contributed by atoms with Gasteiger partial charge in [0.05, 0.1) is 6.10 Å². The molecular weight excluding hydrogens is 174 g/mol. The maximum atomic E-state index is 6.04. The molecule has 82 valence electrons. The molecule has 0 radical (unpaired) electrons. The minimum atomic E-state index is 0.500. The van der Waals surface area contributed by atoms with E-state index in [4.69, 9.17) is 10.5 Å². The SMILES string of the molecule is NC(CCCCC1CCCO1)C1CC1. The standard InChI is InChI=1S/C12H23NO/c13-12(10-7-8-10)6-2-1-4-11-5-3-9-14-11/h10-12H,1-9,13H2. The minimum Gasteiger partial charge on any atom is -0.378 e. The summed E-state index contributed by atoms with van der Waals surface area (Å²) in [6.45, 7) is 0.992. The van der Waals surface area contributed by atoms with Gasteiger partial charge >= 0.3 is 0 Å². The summed E-state index contributed by atoms with van der Waals surface area (Å²) >= 11 is 0. The van der Waals surface area contributed by atoms with E-state index in [1.54, 1.807) is 0 Å². The van der Waals surface area contributed by atoms with Crippen LogP contribution in [-0.2, 0) is 4.74 Å². The summed E-state index contributed by atoms with van der Waals surface area (Å²) in [7, 11) is 0. The Hall–Kier alpha value is -0.0800. The van der Waals surface area contributed by atoms with E-state index in [9.17, 15) is 0 Å². The van der Waals surface area contributed by atoms with Gasteiger partial charge in [-0.05, 0) is 44.4 Å². The zero-order valence-electron chi connectivity index (χ0n) is 9.08. The lowest BCUT2D eigenvalue weighted by atomic mass is 10.0. The Bertz CT molecular complexity index is 158. The lowest BCUT2D eigenvalue weighted by Gasteiger charge is -2.11. The average molecular weight is 197 g/mol. The molecule has 0 aromatic carbocycles. The van der Waals surface area contributed by atoms with Crippen LogP contribution in [0.15, 0.2) is 0 Å². The van der Waals surface area contributed by atoms with Crippen molar-refractivity contribution in [1.82, 2.24) is 0 Å². The average Bonchev–Trinajstić information content (AvgIpc) is 2.92. The van der Waals surface area contributed by atoms with E-state index in [2.05, 4.69) is 0 Å². The molecule has 1 heterocycles. The van der Waals surface area contributed by atoms with Gasteiger partial charge in [0.1, 0.15) is 0 Å². The van der Waals surface area contributed by atoms with Gasteiger partial charge < -0.3 is 10.5 Å². The number of nitrogens with two attached hydrogens (primary N) is 1. The number of hydrogen-bond acceptors (Lipinski definition) is 2. The maximum Gasteiger partial charge on any atom is 0.0576 e. The van der Waals surface area contributed by atoms with Crippen LogP contribution in [-0.4, -0.2) is 18.8 Å². The fourth-order valence-electron chi connectivity index (χ4n) is 2.38. The van der Waals surface area contributed by atoms with Crippen LogP contribution >= 0.6 is 0 Å². The van der Waals surface area contributed by atoms with Gasteiger partial charge in [0.15, 0.2) is 0 Å². The van der Waals surface area contributed by atoms with Crippen molar-refractivity contribution in [2.24, 2.45) is 11.7 Å². The Balaban J connectivity index is 1.46. The lowest BCUT2D eigenvalue weighted by Crippen LogP contribution is -2.22. The number of ether oxygens (including phenoxy) is 1. The van der Waals surface area contributed by atoms with Crippen molar-refractivity contribution in [3.63, 3.8) is 0 Å². The third-order valence-corrected chi connectivity index (χ3v) is 3.57. The first-order chi connectivity index (χ1) is 6.86. The van der Waals surface area contributed by atoms with Gasteiger partial charge in [0.2, 0.25) is 0 Å². The summed E-state index contributed by atoms with van der Waals surface area (Å²) in [5.74, 6) is 0.873. The second-order valence-electron chi connectivity index (χ2n) is 4.92. The van der Waals surface area contributed by atoms with E-state index < -0.39 is 0 Å². The fraction of sp³-hybridized carbons (Fsp3) is 1.00. The summed E-state index contributed by atoms with van der Waals surface area (Å²) in [6, 6.07) is 0.500. The Morgan fingerprint density at radius 1 is 1.21 bits per heavy atom. The van der Waals surface area contributed by atoms with Crippen LogP contribution in [0.25, 0.3) is 0 Å². The van der Waals surface area contributed by atoms with Crippen molar-refractivity contribution >= 4 is 0 Å². The highest BCUT2D eigenvalue weighted by atomic mass is 16.5. The van der Waals surface area contributed by atoms with Crippen LogP contribution in [0.4, 0.5) is 0 Å². The predicted octanol–water partition coefficient (Wildman–Crippen LogP) is 2.46.